The van der Waals surface area contributed by atoms with E-state index in [0.29, 0.717) is 13.2 Å². The predicted molar refractivity (Wildman–Crippen MR) is 68.5 cm³/mol. The van der Waals surface area contributed by atoms with E-state index in [-0.39, 0.29) is 0 Å². The van der Waals surface area contributed by atoms with E-state index in [1.807, 2.05) is 0 Å². The SMILES string of the molecule is CN(CCCCCO)c1ccc(CN)cc1. The zero-order chi connectivity index (χ0) is 11.8. The molecule has 0 aliphatic heterocycles. The van der Waals surface area contributed by atoms with Crippen LogP contribution in [0.15, 0.2) is 24.3 Å². The molecule has 0 aromatic heterocycles. The van der Waals surface area contributed by atoms with Crippen LogP contribution in [0, 0.1) is 0 Å². The van der Waals surface area contributed by atoms with Gasteiger partial charge in [0.1, 0.15) is 0 Å². The highest BCUT2D eigenvalue weighted by Crippen LogP contribution is 2.14. The smallest absolute Gasteiger partial charge is 0.0431 e. The van der Waals surface area contributed by atoms with Crippen molar-refractivity contribution in [1.82, 2.24) is 0 Å². The lowest BCUT2D eigenvalue weighted by Crippen LogP contribution is -2.18. The number of unbranched alkanes of at least 4 members (excludes halogenated alkanes) is 2. The Morgan fingerprint density at radius 3 is 2.38 bits per heavy atom. The van der Waals surface area contributed by atoms with Crippen molar-refractivity contribution in [3.05, 3.63) is 29.8 Å². The topological polar surface area (TPSA) is 49.5 Å². The first kappa shape index (κ1) is 13.0. The molecule has 3 heteroatoms. The van der Waals surface area contributed by atoms with E-state index < -0.39 is 0 Å². The Morgan fingerprint density at radius 2 is 1.81 bits per heavy atom. The van der Waals surface area contributed by atoms with Crippen LogP contribution in [0.1, 0.15) is 24.8 Å². The summed E-state index contributed by atoms with van der Waals surface area (Å²) in [5.74, 6) is 0. The molecule has 0 saturated heterocycles. The second kappa shape index (κ2) is 7.25. The third kappa shape index (κ3) is 4.21. The fourth-order valence-corrected chi connectivity index (χ4v) is 1.65. The molecule has 0 unspecified atom stereocenters. The standard InChI is InChI=1S/C13H22N2O/c1-15(9-3-2-4-10-16)13-7-5-12(11-14)6-8-13/h5-8,16H,2-4,9-11,14H2,1H3. The van der Waals surface area contributed by atoms with E-state index in [9.17, 15) is 0 Å². The maximum absolute atomic E-state index is 8.68. The second-order valence-corrected chi connectivity index (χ2v) is 4.08. The number of aliphatic hydroxyl groups is 1. The molecule has 3 N–H and O–H groups in total. The monoisotopic (exact) mass is 222 g/mol. The van der Waals surface area contributed by atoms with Gasteiger partial charge in [0.2, 0.25) is 0 Å². The number of hydrogen-bond acceptors (Lipinski definition) is 3. The molecule has 0 heterocycles. The molecule has 0 radical (unpaired) electrons. The summed E-state index contributed by atoms with van der Waals surface area (Å²) in [6.45, 7) is 1.93. The van der Waals surface area contributed by atoms with Crippen molar-refractivity contribution in [3.8, 4) is 0 Å². The van der Waals surface area contributed by atoms with Crippen LogP contribution >= 0.6 is 0 Å². The summed E-state index contributed by atoms with van der Waals surface area (Å²) in [6.07, 6.45) is 3.11. The van der Waals surface area contributed by atoms with Crippen LogP contribution in [0.5, 0.6) is 0 Å². The molecule has 1 aromatic carbocycles. The van der Waals surface area contributed by atoms with Gasteiger partial charge in [-0.1, -0.05) is 12.1 Å². The van der Waals surface area contributed by atoms with Crippen molar-refractivity contribution >= 4 is 5.69 Å². The molecule has 90 valence electrons. The normalized spacial score (nSPS) is 10.4. The van der Waals surface area contributed by atoms with Crippen LogP contribution in [-0.4, -0.2) is 25.3 Å². The molecular formula is C13H22N2O. The van der Waals surface area contributed by atoms with E-state index in [4.69, 9.17) is 10.8 Å². The quantitative estimate of drug-likeness (QED) is 0.691. The molecule has 0 aliphatic rings. The summed E-state index contributed by atoms with van der Waals surface area (Å²) in [5, 5.41) is 8.68. The van der Waals surface area contributed by atoms with Gasteiger partial charge in [-0.25, -0.2) is 0 Å². The van der Waals surface area contributed by atoms with Crippen LogP contribution in [0.25, 0.3) is 0 Å². The summed E-state index contributed by atoms with van der Waals surface area (Å²) < 4.78 is 0. The molecule has 1 aromatic rings. The number of benzene rings is 1. The first-order valence-electron chi connectivity index (χ1n) is 5.89. The van der Waals surface area contributed by atoms with Crippen LogP contribution in [0.2, 0.25) is 0 Å². The van der Waals surface area contributed by atoms with Gasteiger partial charge in [-0.2, -0.15) is 0 Å². The molecule has 0 fully saturated rings. The Kier molecular flexibility index (Phi) is 5.90. The van der Waals surface area contributed by atoms with Gasteiger partial charge < -0.3 is 15.7 Å². The molecule has 0 bridgehead atoms. The third-order valence-corrected chi connectivity index (χ3v) is 2.76. The lowest BCUT2D eigenvalue weighted by atomic mass is 10.2. The zero-order valence-electron chi connectivity index (χ0n) is 10.0. The third-order valence-electron chi connectivity index (χ3n) is 2.76. The summed E-state index contributed by atoms with van der Waals surface area (Å²) >= 11 is 0. The van der Waals surface area contributed by atoms with E-state index in [0.717, 1.165) is 31.4 Å². The maximum Gasteiger partial charge on any atom is 0.0431 e. The molecule has 1 rings (SSSR count). The van der Waals surface area contributed by atoms with E-state index in [1.54, 1.807) is 0 Å². The van der Waals surface area contributed by atoms with Gasteiger partial charge in [0.25, 0.3) is 0 Å². The molecule has 0 saturated carbocycles. The number of nitrogens with two attached hydrogens (primary N) is 1. The number of aliphatic hydroxyl groups excluding tert-OH is 1. The average Bonchev–Trinajstić information content (AvgIpc) is 2.34. The summed E-state index contributed by atoms with van der Waals surface area (Å²) in [4.78, 5) is 2.23. The Hall–Kier alpha value is -1.06. The largest absolute Gasteiger partial charge is 0.396 e. The van der Waals surface area contributed by atoms with Crippen LogP contribution in [0.3, 0.4) is 0 Å². The first-order valence-corrected chi connectivity index (χ1v) is 5.89. The van der Waals surface area contributed by atoms with Crippen LogP contribution in [-0.2, 0) is 6.54 Å². The number of nitrogens with zero attached hydrogens (tertiary/aromatic N) is 1. The van der Waals surface area contributed by atoms with Gasteiger partial charge in [0, 0.05) is 32.4 Å². The Labute approximate surface area is 97.9 Å². The Bertz CT molecular complexity index is 284. The van der Waals surface area contributed by atoms with Crippen molar-refractivity contribution < 1.29 is 5.11 Å². The van der Waals surface area contributed by atoms with E-state index in [1.165, 1.54) is 5.69 Å². The van der Waals surface area contributed by atoms with Gasteiger partial charge in [-0.05, 0) is 37.0 Å². The highest BCUT2D eigenvalue weighted by molar-refractivity contribution is 5.46. The van der Waals surface area contributed by atoms with E-state index in [2.05, 4.69) is 36.2 Å². The van der Waals surface area contributed by atoms with E-state index >= 15 is 0 Å². The number of rotatable bonds is 7. The molecule has 0 atom stereocenters. The number of anilines is 1. The zero-order valence-corrected chi connectivity index (χ0v) is 10.0. The number of hydrogen-bond donors (Lipinski definition) is 2. The highest BCUT2D eigenvalue weighted by atomic mass is 16.2. The molecule has 0 amide bonds. The lowest BCUT2D eigenvalue weighted by molar-refractivity contribution is 0.283. The second-order valence-electron chi connectivity index (χ2n) is 4.08. The Morgan fingerprint density at radius 1 is 1.12 bits per heavy atom. The summed E-state index contributed by atoms with van der Waals surface area (Å²) in [7, 11) is 2.09. The van der Waals surface area contributed by atoms with Crippen molar-refractivity contribution in [2.45, 2.75) is 25.8 Å². The minimum atomic E-state index is 0.301. The van der Waals surface area contributed by atoms with Gasteiger partial charge in [0.15, 0.2) is 0 Å². The minimum Gasteiger partial charge on any atom is -0.396 e. The van der Waals surface area contributed by atoms with Crippen molar-refractivity contribution in [1.29, 1.82) is 0 Å². The fraction of sp³-hybridized carbons (Fsp3) is 0.538. The lowest BCUT2D eigenvalue weighted by Gasteiger charge is -2.19. The van der Waals surface area contributed by atoms with Crippen LogP contribution < -0.4 is 10.6 Å². The molecular weight excluding hydrogens is 200 g/mol. The van der Waals surface area contributed by atoms with Crippen LogP contribution in [0.4, 0.5) is 5.69 Å². The summed E-state index contributed by atoms with van der Waals surface area (Å²) in [5.41, 5.74) is 7.94. The predicted octanol–water partition coefficient (Wildman–Crippen LogP) is 1.74. The molecule has 3 nitrogen and oxygen atoms in total. The van der Waals surface area contributed by atoms with Crippen molar-refractivity contribution in [3.63, 3.8) is 0 Å². The summed E-state index contributed by atoms with van der Waals surface area (Å²) in [6, 6.07) is 8.35. The maximum atomic E-state index is 8.68. The van der Waals surface area contributed by atoms with Gasteiger partial charge >= 0.3 is 0 Å². The molecule has 0 spiro atoms. The molecule has 0 aliphatic carbocycles. The minimum absolute atomic E-state index is 0.301. The van der Waals surface area contributed by atoms with Crippen molar-refractivity contribution in [2.24, 2.45) is 5.73 Å². The first-order chi connectivity index (χ1) is 7.77. The molecule has 16 heavy (non-hydrogen) atoms. The highest BCUT2D eigenvalue weighted by Gasteiger charge is 2.00. The van der Waals surface area contributed by atoms with Gasteiger partial charge in [-0.3, -0.25) is 0 Å². The van der Waals surface area contributed by atoms with Gasteiger partial charge in [-0.15, -0.1) is 0 Å². The van der Waals surface area contributed by atoms with Gasteiger partial charge in [0.05, 0.1) is 0 Å². The fourth-order valence-electron chi connectivity index (χ4n) is 1.65. The average molecular weight is 222 g/mol. The Balaban J connectivity index is 2.37. The van der Waals surface area contributed by atoms with Crippen molar-refractivity contribution in [2.75, 3.05) is 25.1 Å².